The Labute approximate surface area is 159 Å². The van der Waals surface area contributed by atoms with E-state index in [1.165, 1.54) is 40.0 Å². The molecule has 0 bridgehead atoms. The maximum atomic E-state index is 13.8. The number of benzene rings is 2. The fourth-order valence-corrected chi connectivity index (χ4v) is 3.51. The topological polar surface area (TPSA) is 63.5 Å². The summed E-state index contributed by atoms with van der Waals surface area (Å²) in [6, 6.07) is 8.18. The molecule has 0 unspecified atom stereocenters. The molecule has 140 valence electrons. The van der Waals surface area contributed by atoms with Crippen LogP contribution < -0.4 is 10.9 Å². The summed E-state index contributed by atoms with van der Waals surface area (Å²) in [5, 5.41) is 3.90. The van der Waals surface area contributed by atoms with Gasteiger partial charge in [0.05, 0.1) is 11.4 Å². The van der Waals surface area contributed by atoms with Crippen molar-refractivity contribution in [3.63, 3.8) is 0 Å². The molecular weight excluding hydrogens is 391 g/mol. The van der Waals surface area contributed by atoms with Crippen molar-refractivity contribution >= 4 is 27.9 Å². The molecule has 0 aliphatic rings. The Kier molecular flexibility index (Phi) is 4.44. The minimum Gasteiger partial charge on any atom is -0.319 e. The van der Waals surface area contributed by atoms with Crippen LogP contribution in [0.5, 0.6) is 0 Å². The zero-order valence-corrected chi connectivity index (χ0v) is 14.8. The summed E-state index contributed by atoms with van der Waals surface area (Å²) < 4.78 is 41.2. The molecule has 0 saturated heterocycles. The van der Waals surface area contributed by atoms with Crippen molar-refractivity contribution in [3.05, 3.63) is 87.4 Å². The third kappa shape index (κ3) is 3.16. The maximum absolute atomic E-state index is 13.8. The lowest BCUT2D eigenvalue weighted by Crippen LogP contribution is -2.26. The highest BCUT2D eigenvalue weighted by Crippen LogP contribution is 2.24. The Hall–Kier alpha value is -3.46. The number of amides is 1. The molecule has 4 rings (SSSR count). The molecule has 0 saturated carbocycles. The largest absolute Gasteiger partial charge is 0.319 e. The van der Waals surface area contributed by atoms with Gasteiger partial charge in [-0.05, 0) is 42.0 Å². The summed E-state index contributed by atoms with van der Waals surface area (Å²) in [4.78, 5) is 29.8. The molecule has 4 aromatic rings. The minimum atomic E-state index is -0.968. The van der Waals surface area contributed by atoms with E-state index in [1.54, 1.807) is 5.38 Å². The lowest BCUT2D eigenvalue weighted by molar-refractivity contribution is 0.102. The molecule has 2 aromatic carbocycles. The van der Waals surface area contributed by atoms with E-state index in [4.69, 9.17) is 0 Å². The summed E-state index contributed by atoms with van der Waals surface area (Å²) in [6.07, 6.45) is 1.10. The highest BCUT2D eigenvalue weighted by molar-refractivity contribution is 7.15. The minimum absolute atomic E-state index is 0.264. The van der Waals surface area contributed by atoms with Crippen LogP contribution in [-0.2, 0) is 0 Å². The van der Waals surface area contributed by atoms with Gasteiger partial charge in [0.15, 0.2) is 4.96 Å². The summed E-state index contributed by atoms with van der Waals surface area (Å²) in [5.74, 6) is -3.06. The number of hydrogen-bond donors (Lipinski definition) is 1. The van der Waals surface area contributed by atoms with Crippen molar-refractivity contribution in [2.24, 2.45) is 0 Å². The highest BCUT2D eigenvalue weighted by Gasteiger charge is 2.18. The van der Waals surface area contributed by atoms with Crippen molar-refractivity contribution < 1.29 is 18.0 Å². The Balaban J connectivity index is 1.77. The molecule has 5 nitrogen and oxygen atoms in total. The van der Waals surface area contributed by atoms with Gasteiger partial charge in [0.2, 0.25) is 0 Å². The van der Waals surface area contributed by atoms with Crippen LogP contribution in [0.2, 0.25) is 0 Å². The molecule has 0 atom stereocenters. The standard InChI is InChI=1S/C19H10F3N3O2S/c20-11-3-1-10(2-4-11)16-9-28-19-23-8-13(18(27)25(16)19)17(26)24-15-6-5-12(21)7-14(15)22/h1-9H,(H,24,26). The molecule has 0 fully saturated rings. The summed E-state index contributed by atoms with van der Waals surface area (Å²) in [5.41, 5.74) is -0.229. The van der Waals surface area contributed by atoms with Crippen molar-refractivity contribution in [3.8, 4) is 11.3 Å². The molecule has 9 heteroatoms. The van der Waals surface area contributed by atoms with E-state index >= 15 is 0 Å². The van der Waals surface area contributed by atoms with Gasteiger partial charge < -0.3 is 5.32 Å². The first-order valence-electron chi connectivity index (χ1n) is 7.95. The van der Waals surface area contributed by atoms with Gasteiger partial charge in [-0.2, -0.15) is 0 Å². The fraction of sp³-hybridized carbons (Fsp3) is 0. The quantitative estimate of drug-likeness (QED) is 0.562. The normalized spacial score (nSPS) is 11.0. The molecule has 2 heterocycles. The first kappa shape index (κ1) is 17.9. The van der Waals surface area contributed by atoms with Crippen molar-refractivity contribution in [2.75, 3.05) is 5.32 Å². The molecule has 0 radical (unpaired) electrons. The number of anilines is 1. The second kappa shape index (κ2) is 6.93. The van der Waals surface area contributed by atoms with E-state index in [9.17, 15) is 22.8 Å². The number of rotatable bonds is 3. The first-order chi connectivity index (χ1) is 13.4. The van der Waals surface area contributed by atoms with Gasteiger partial charge in [-0.15, -0.1) is 11.3 Å². The number of halogens is 3. The predicted octanol–water partition coefficient (Wildman–Crippen LogP) is 4.09. The van der Waals surface area contributed by atoms with Crippen LogP contribution in [0.1, 0.15) is 10.4 Å². The average molecular weight is 401 g/mol. The van der Waals surface area contributed by atoms with Crippen LogP contribution in [0.4, 0.5) is 18.9 Å². The summed E-state index contributed by atoms with van der Waals surface area (Å²) in [7, 11) is 0. The van der Waals surface area contributed by atoms with Crippen LogP contribution >= 0.6 is 11.3 Å². The predicted molar refractivity (Wildman–Crippen MR) is 99.0 cm³/mol. The number of hydrogen-bond acceptors (Lipinski definition) is 4. The zero-order valence-electron chi connectivity index (χ0n) is 13.9. The number of fused-ring (bicyclic) bond motifs is 1. The number of thiazole rings is 1. The molecule has 0 spiro atoms. The average Bonchev–Trinajstić information content (AvgIpc) is 3.10. The Morgan fingerprint density at radius 2 is 1.75 bits per heavy atom. The second-order valence-electron chi connectivity index (χ2n) is 5.80. The van der Waals surface area contributed by atoms with Crippen molar-refractivity contribution in [1.29, 1.82) is 0 Å². The van der Waals surface area contributed by atoms with E-state index in [2.05, 4.69) is 10.3 Å². The Morgan fingerprint density at radius 1 is 1.04 bits per heavy atom. The van der Waals surface area contributed by atoms with Crippen LogP contribution in [0.15, 0.2) is 58.8 Å². The Morgan fingerprint density at radius 3 is 2.46 bits per heavy atom. The third-order valence-electron chi connectivity index (χ3n) is 4.01. The van der Waals surface area contributed by atoms with E-state index in [0.29, 0.717) is 22.3 Å². The van der Waals surface area contributed by atoms with E-state index in [1.807, 2.05) is 0 Å². The van der Waals surface area contributed by atoms with Crippen LogP contribution in [0, 0.1) is 17.5 Å². The van der Waals surface area contributed by atoms with Crippen LogP contribution in [0.3, 0.4) is 0 Å². The number of carbonyl (C=O) groups excluding carboxylic acids is 1. The maximum Gasteiger partial charge on any atom is 0.271 e. The number of nitrogens with one attached hydrogen (secondary N) is 1. The third-order valence-corrected chi connectivity index (χ3v) is 4.85. The lowest BCUT2D eigenvalue weighted by Gasteiger charge is -2.07. The number of nitrogens with zero attached hydrogens (tertiary/aromatic N) is 2. The molecule has 1 N–H and O–H groups in total. The monoisotopic (exact) mass is 401 g/mol. The molecule has 0 aliphatic heterocycles. The highest BCUT2D eigenvalue weighted by atomic mass is 32.1. The van der Waals surface area contributed by atoms with E-state index in [0.717, 1.165) is 18.3 Å². The van der Waals surface area contributed by atoms with Crippen LogP contribution in [-0.4, -0.2) is 15.3 Å². The molecule has 0 aliphatic carbocycles. The molecule has 28 heavy (non-hydrogen) atoms. The van der Waals surface area contributed by atoms with Gasteiger partial charge in [-0.25, -0.2) is 18.2 Å². The number of aromatic nitrogens is 2. The molecule has 2 aromatic heterocycles. The van der Waals surface area contributed by atoms with Crippen molar-refractivity contribution in [2.45, 2.75) is 0 Å². The first-order valence-corrected chi connectivity index (χ1v) is 8.83. The Bertz CT molecular complexity index is 1270. The van der Waals surface area contributed by atoms with Gasteiger partial charge in [0.25, 0.3) is 11.5 Å². The van der Waals surface area contributed by atoms with Gasteiger partial charge in [0.1, 0.15) is 23.0 Å². The summed E-state index contributed by atoms with van der Waals surface area (Å²) >= 11 is 1.18. The van der Waals surface area contributed by atoms with E-state index < -0.39 is 28.9 Å². The summed E-state index contributed by atoms with van der Waals surface area (Å²) in [6.45, 7) is 0. The zero-order chi connectivity index (χ0) is 19.8. The van der Waals surface area contributed by atoms with Gasteiger partial charge in [-0.3, -0.25) is 14.0 Å². The van der Waals surface area contributed by atoms with Crippen molar-refractivity contribution in [1.82, 2.24) is 9.38 Å². The second-order valence-corrected chi connectivity index (χ2v) is 6.64. The molecular formula is C19H10F3N3O2S. The van der Waals surface area contributed by atoms with Gasteiger partial charge in [0, 0.05) is 17.6 Å². The van der Waals surface area contributed by atoms with Crippen LogP contribution in [0.25, 0.3) is 16.2 Å². The smallest absolute Gasteiger partial charge is 0.271 e. The van der Waals surface area contributed by atoms with E-state index in [-0.39, 0.29) is 11.3 Å². The molecule has 1 amide bonds. The van der Waals surface area contributed by atoms with Gasteiger partial charge >= 0.3 is 0 Å². The lowest BCUT2D eigenvalue weighted by atomic mass is 10.1. The number of carbonyl (C=O) groups is 1. The van der Waals surface area contributed by atoms with Gasteiger partial charge in [-0.1, -0.05) is 0 Å². The SMILES string of the molecule is O=C(Nc1ccc(F)cc1F)c1cnc2scc(-c3ccc(F)cc3)n2c1=O. The fourth-order valence-electron chi connectivity index (χ4n) is 2.65.